The third-order valence-corrected chi connectivity index (χ3v) is 3.27. The van der Waals surface area contributed by atoms with Crippen LogP contribution in [0.4, 0.5) is 4.39 Å². The smallest absolute Gasteiger partial charge is 0.131 e. The number of phenolic OH excluding ortho intramolecular Hbond substituents is 1. The lowest BCUT2D eigenvalue weighted by Crippen LogP contribution is -1.86. The lowest BCUT2D eigenvalue weighted by atomic mass is 10.00. The van der Waals surface area contributed by atoms with Crippen molar-refractivity contribution in [3.05, 3.63) is 64.8 Å². The predicted octanol–water partition coefficient (Wildman–Crippen LogP) is 5.11. The fourth-order valence-electron chi connectivity index (χ4n) is 1.98. The summed E-state index contributed by atoms with van der Waals surface area (Å²) in [6.45, 7) is 0. The highest BCUT2D eigenvalue weighted by Gasteiger charge is 2.11. The highest BCUT2D eigenvalue weighted by Crippen LogP contribution is 2.35. The maximum atomic E-state index is 14.4. The zero-order valence-electron chi connectivity index (χ0n) is 12.7. The van der Waals surface area contributed by atoms with E-state index in [1.54, 1.807) is 6.07 Å². The largest absolute Gasteiger partial charge is 0.507 e. The number of phenols is 1. The number of fused-ring (bicyclic) bond motifs is 1. The van der Waals surface area contributed by atoms with Crippen LogP contribution in [0.15, 0.2) is 59.0 Å². The molecular weight excluding hydrogens is 307 g/mol. The molecule has 19 heavy (non-hydrogen) atoms. The Hall–Kier alpha value is -1.87. The highest BCUT2D eigenvalue weighted by molar-refractivity contribution is 9.10. The van der Waals surface area contributed by atoms with Crippen LogP contribution in [0.2, 0.25) is 0 Å². The molecule has 0 fully saturated rings. The van der Waals surface area contributed by atoms with Crippen molar-refractivity contribution in [1.29, 1.82) is 0 Å². The number of hydrogen-bond acceptors (Lipinski definition) is 1. The fourth-order valence-corrected chi connectivity index (χ4v) is 2.28. The van der Waals surface area contributed by atoms with Crippen molar-refractivity contribution in [2.24, 2.45) is 0 Å². The molecule has 94 valence electrons. The molecule has 0 amide bonds. The molecule has 0 saturated carbocycles. The average molecular weight is 320 g/mol. The molecule has 0 bridgehead atoms. The molecule has 3 aromatic carbocycles. The van der Waals surface area contributed by atoms with Crippen LogP contribution in [0, 0.1) is 5.82 Å². The molecule has 3 rings (SSSR count). The first-order valence-corrected chi connectivity index (χ1v) is 6.38. The molecule has 0 atom stereocenters. The molecule has 0 unspecified atom stereocenters. The van der Waals surface area contributed by atoms with Gasteiger partial charge >= 0.3 is 0 Å². The van der Waals surface area contributed by atoms with Gasteiger partial charge in [0.1, 0.15) is 11.6 Å². The van der Waals surface area contributed by atoms with E-state index < -0.39 is 11.9 Å². The van der Waals surface area contributed by atoms with Gasteiger partial charge in [0.25, 0.3) is 0 Å². The zero-order chi connectivity index (χ0) is 16.0. The van der Waals surface area contributed by atoms with Gasteiger partial charge in [0.15, 0.2) is 0 Å². The van der Waals surface area contributed by atoms with Crippen molar-refractivity contribution < 1.29 is 13.6 Å². The second-order valence-corrected chi connectivity index (χ2v) is 4.89. The van der Waals surface area contributed by atoms with Crippen molar-refractivity contribution in [2.45, 2.75) is 0 Å². The fraction of sp³-hybridized carbons (Fsp3) is 0. The number of hydrogen-bond donors (Lipinski definition) is 1. The Kier molecular flexibility index (Phi) is 2.24. The minimum atomic E-state index is -0.983. The second-order valence-electron chi connectivity index (χ2n) is 4.09. The van der Waals surface area contributed by atoms with Gasteiger partial charge < -0.3 is 5.11 Å². The summed E-state index contributed by atoms with van der Waals surface area (Å²) >= 11 is 3.04. The van der Waals surface area contributed by atoms with E-state index in [0.29, 0.717) is 0 Å². The minimum absolute atomic E-state index is 0.0291. The molecule has 0 heterocycles. The summed E-state index contributed by atoms with van der Waals surface area (Å²) in [5, 5.41) is 11.8. The lowest BCUT2D eigenvalue weighted by molar-refractivity contribution is 0.477. The van der Waals surface area contributed by atoms with Crippen LogP contribution in [-0.2, 0) is 0 Å². The molecule has 0 spiro atoms. The Labute approximate surface area is 122 Å². The molecular formula is C16H10BrFO. The first kappa shape index (κ1) is 9.10. The first-order valence-electron chi connectivity index (χ1n) is 7.08. The topological polar surface area (TPSA) is 20.2 Å². The average Bonchev–Trinajstić information content (AvgIpc) is 2.51. The summed E-state index contributed by atoms with van der Waals surface area (Å²) < 4.78 is 37.7. The van der Waals surface area contributed by atoms with E-state index in [2.05, 4.69) is 15.9 Å². The Morgan fingerprint density at radius 1 is 1.05 bits per heavy atom. The third kappa shape index (κ3) is 2.22. The van der Waals surface area contributed by atoms with Crippen LogP contribution in [0.1, 0.15) is 4.11 Å². The van der Waals surface area contributed by atoms with E-state index in [1.165, 1.54) is 6.07 Å². The van der Waals surface area contributed by atoms with E-state index in [0.717, 1.165) is 10.8 Å². The predicted molar refractivity (Wildman–Crippen MR) is 78.7 cm³/mol. The van der Waals surface area contributed by atoms with Crippen LogP contribution in [0.25, 0.3) is 21.9 Å². The van der Waals surface area contributed by atoms with Gasteiger partial charge in [-0.1, -0.05) is 40.2 Å². The Morgan fingerprint density at radius 3 is 2.47 bits per heavy atom. The highest BCUT2D eigenvalue weighted by atomic mass is 79.9. The van der Waals surface area contributed by atoms with Crippen molar-refractivity contribution in [2.75, 3.05) is 0 Å². The van der Waals surface area contributed by atoms with Crippen LogP contribution in [0.5, 0.6) is 5.75 Å². The van der Waals surface area contributed by atoms with E-state index >= 15 is 0 Å². The van der Waals surface area contributed by atoms with Gasteiger partial charge in [-0.25, -0.2) is 4.39 Å². The van der Waals surface area contributed by atoms with E-state index in [9.17, 15) is 9.50 Å². The number of benzene rings is 3. The van der Waals surface area contributed by atoms with Crippen molar-refractivity contribution in [1.82, 2.24) is 0 Å². The van der Waals surface area contributed by atoms with Gasteiger partial charge in [-0.15, -0.1) is 0 Å². The van der Waals surface area contributed by atoms with Crippen LogP contribution in [0.3, 0.4) is 0 Å². The summed E-state index contributed by atoms with van der Waals surface area (Å²) in [4.78, 5) is 0. The Balaban J connectivity index is 2.39. The molecule has 1 nitrogen and oxygen atoms in total. The lowest BCUT2D eigenvalue weighted by Gasteiger charge is -2.09. The Morgan fingerprint density at radius 2 is 1.74 bits per heavy atom. The molecule has 3 aromatic rings. The van der Waals surface area contributed by atoms with Crippen molar-refractivity contribution in [3.63, 3.8) is 0 Å². The van der Waals surface area contributed by atoms with Crippen LogP contribution in [-0.4, -0.2) is 5.11 Å². The molecule has 0 aliphatic heterocycles. The molecule has 3 heteroatoms. The standard InChI is InChI=1S/C16H10BrFO/c17-12-5-6-15(18)13(9-12)14-7-10-3-1-2-4-11(10)8-16(14)19/h1-9,19H/i5D,6D,9D. The minimum Gasteiger partial charge on any atom is -0.507 e. The SMILES string of the molecule is [2H]c1c([2H])c(Br)c([2H])c(-c2cc3ccccc3cc2O)c1F. The third-order valence-electron chi connectivity index (χ3n) is 2.87. The molecule has 0 saturated heterocycles. The number of aromatic hydroxyl groups is 1. The van der Waals surface area contributed by atoms with Gasteiger partial charge in [-0.2, -0.15) is 0 Å². The maximum absolute atomic E-state index is 14.4. The Bertz CT molecular complexity index is 883. The second kappa shape index (κ2) is 4.67. The molecule has 0 radical (unpaired) electrons. The van der Waals surface area contributed by atoms with Gasteiger partial charge in [-0.05, 0) is 41.0 Å². The van der Waals surface area contributed by atoms with E-state index in [4.69, 9.17) is 4.11 Å². The van der Waals surface area contributed by atoms with E-state index in [-0.39, 0.29) is 33.4 Å². The molecule has 0 aliphatic carbocycles. The van der Waals surface area contributed by atoms with Crippen molar-refractivity contribution >= 4 is 26.7 Å². The van der Waals surface area contributed by atoms with E-state index in [1.807, 2.05) is 24.3 Å². The summed E-state index contributed by atoms with van der Waals surface area (Å²) in [5.41, 5.74) is -0.0495. The number of halogens is 2. The van der Waals surface area contributed by atoms with Crippen LogP contribution >= 0.6 is 15.9 Å². The normalized spacial score (nSPS) is 13.1. The summed E-state index contributed by atoms with van der Waals surface area (Å²) in [6, 6.07) is 9.10. The van der Waals surface area contributed by atoms with Gasteiger partial charge in [0, 0.05) is 15.6 Å². The van der Waals surface area contributed by atoms with Gasteiger partial charge in [0.2, 0.25) is 0 Å². The van der Waals surface area contributed by atoms with Gasteiger partial charge in [0.05, 0.1) is 4.11 Å². The van der Waals surface area contributed by atoms with Crippen molar-refractivity contribution in [3.8, 4) is 16.9 Å². The molecule has 0 aliphatic rings. The first-order chi connectivity index (χ1) is 10.4. The summed E-state index contributed by atoms with van der Waals surface area (Å²) in [7, 11) is 0. The molecule has 1 N–H and O–H groups in total. The van der Waals surface area contributed by atoms with Crippen LogP contribution < -0.4 is 0 Å². The number of rotatable bonds is 1. The zero-order valence-corrected chi connectivity index (χ0v) is 11.3. The maximum Gasteiger partial charge on any atom is 0.131 e. The van der Waals surface area contributed by atoms with Gasteiger partial charge in [-0.3, -0.25) is 0 Å². The summed E-state index contributed by atoms with van der Waals surface area (Å²) in [5.74, 6) is -1.15. The monoisotopic (exact) mass is 319 g/mol. The summed E-state index contributed by atoms with van der Waals surface area (Å²) in [6.07, 6.45) is 0. The quantitative estimate of drug-likeness (QED) is 0.660. The molecule has 0 aromatic heterocycles.